The summed E-state index contributed by atoms with van der Waals surface area (Å²) in [6.07, 6.45) is 8.71. The van der Waals surface area contributed by atoms with Crippen molar-refractivity contribution in [2.75, 3.05) is 26.7 Å². The van der Waals surface area contributed by atoms with E-state index in [0.717, 1.165) is 18.3 Å². The van der Waals surface area contributed by atoms with Gasteiger partial charge in [0.15, 0.2) is 0 Å². The highest BCUT2D eigenvalue weighted by Gasteiger charge is 2.34. The third-order valence-corrected chi connectivity index (χ3v) is 4.31. The first kappa shape index (κ1) is 13.3. The van der Waals surface area contributed by atoms with Crippen LogP contribution in [-0.4, -0.2) is 48.4 Å². The monoisotopic (exact) mass is 247 g/mol. The summed E-state index contributed by atoms with van der Waals surface area (Å²) in [4.78, 5) is 9.24. The molecular weight excluding hydrogens is 222 g/mol. The molecule has 0 aromatic rings. The van der Waals surface area contributed by atoms with Crippen molar-refractivity contribution in [1.82, 2.24) is 9.80 Å². The molecule has 0 aromatic carbocycles. The van der Waals surface area contributed by atoms with E-state index in [9.17, 15) is 0 Å². The summed E-state index contributed by atoms with van der Waals surface area (Å²) in [5, 5.41) is 0. The normalized spacial score (nSPS) is 27.5. The predicted octanol–water partition coefficient (Wildman–Crippen LogP) is 2.52. The minimum atomic E-state index is 0.662. The van der Waals surface area contributed by atoms with Gasteiger partial charge in [0.2, 0.25) is 0 Å². The number of hydrogen-bond acceptors (Lipinski definition) is 2. The van der Waals surface area contributed by atoms with Crippen molar-refractivity contribution in [1.29, 1.82) is 0 Å². The van der Waals surface area contributed by atoms with Gasteiger partial charge in [-0.2, -0.15) is 0 Å². The Morgan fingerprint density at radius 3 is 2.50 bits per heavy atom. The molecule has 0 aromatic heterocycles. The Hall–Kier alpha value is -1.09. The SMILES string of the molecule is C=CN=C(C=C)N1CCCC1C1CCN(C)CC1. The minimum absolute atomic E-state index is 0.662. The van der Waals surface area contributed by atoms with Crippen LogP contribution in [0.2, 0.25) is 0 Å². The van der Waals surface area contributed by atoms with Gasteiger partial charge in [0, 0.05) is 18.8 Å². The minimum Gasteiger partial charge on any atom is -0.353 e. The Labute approximate surface area is 111 Å². The van der Waals surface area contributed by atoms with Gasteiger partial charge in [0.05, 0.1) is 0 Å². The second kappa shape index (κ2) is 6.19. The van der Waals surface area contributed by atoms with Crippen LogP contribution in [0.4, 0.5) is 0 Å². The van der Waals surface area contributed by atoms with Crippen LogP contribution in [0.15, 0.2) is 30.4 Å². The van der Waals surface area contributed by atoms with E-state index in [1.54, 1.807) is 6.20 Å². The molecule has 0 amide bonds. The van der Waals surface area contributed by atoms with Gasteiger partial charge in [-0.15, -0.1) is 0 Å². The fraction of sp³-hybridized carbons (Fsp3) is 0.667. The second-order valence-corrected chi connectivity index (χ2v) is 5.42. The first-order valence-electron chi connectivity index (χ1n) is 7.02. The molecule has 18 heavy (non-hydrogen) atoms. The topological polar surface area (TPSA) is 18.8 Å². The van der Waals surface area contributed by atoms with Crippen LogP contribution in [0.1, 0.15) is 25.7 Å². The summed E-state index contributed by atoms with van der Waals surface area (Å²) in [7, 11) is 2.22. The average Bonchev–Trinajstić information content (AvgIpc) is 2.86. The summed E-state index contributed by atoms with van der Waals surface area (Å²) >= 11 is 0. The molecule has 100 valence electrons. The van der Waals surface area contributed by atoms with Gasteiger partial charge >= 0.3 is 0 Å². The molecule has 0 saturated carbocycles. The largest absolute Gasteiger partial charge is 0.353 e. The highest BCUT2D eigenvalue weighted by Crippen LogP contribution is 2.31. The molecular formula is C15H25N3. The summed E-state index contributed by atoms with van der Waals surface area (Å²) in [6.45, 7) is 11.2. The molecule has 1 atom stereocenters. The highest BCUT2D eigenvalue weighted by molar-refractivity contribution is 5.93. The molecule has 2 heterocycles. The molecule has 2 fully saturated rings. The number of aliphatic imine (C=N–C) groups is 1. The van der Waals surface area contributed by atoms with Crippen LogP contribution in [0.25, 0.3) is 0 Å². The van der Waals surface area contributed by atoms with E-state index >= 15 is 0 Å². The Kier molecular flexibility index (Phi) is 4.59. The molecule has 2 aliphatic rings. The molecule has 0 spiro atoms. The van der Waals surface area contributed by atoms with Gasteiger partial charge < -0.3 is 9.80 Å². The van der Waals surface area contributed by atoms with Gasteiger partial charge in [0.25, 0.3) is 0 Å². The van der Waals surface area contributed by atoms with Gasteiger partial charge in [-0.1, -0.05) is 13.2 Å². The Balaban J connectivity index is 2.05. The van der Waals surface area contributed by atoms with Crippen molar-refractivity contribution < 1.29 is 0 Å². The molecule has 1 unspecified atom stereocenters. The van der Waals surface area contributed by atoms with Crippen LogP contribution in [0, 0.1) is 5.92 Å². The van der Waals surface area contributed by atoms with Crippen LogP contribution in [0.5, 0.6) is 0 Å². The fourth-order valence-corrected chi connectivity index (χ4v) is 3.32. The van der Waals surface area contributed by atoms with Crippen LogP contribution in [-0.2, 0) is 0 Å². The summed E-state index contributed by atoms with van der Waals surface area (Å²) in [6, 6.07) is 0.662. The van der Waals surface area contributed by atoms with Crippen molar-refractivity contribution in [3.63, 3.8) is 0 Å². The summed E-state index contributed by atoms with van der Waals surface area (Å²) < 4.78 is 0. The van der Waals surface area contributed by atoms with E-state index < -0.39 is 0 Å². The van der Waals surface area contributed by atoms with Crippen molar-refractivity contribution in [3.05, 3.63) is 25.4 Å². The molecule has 3 heteroatoms. The lowest BCUT2D eigenvalue weighted by Crippen LogP contribution is -2.43. The van der Waals surface area contributed by atoms with Gasteiger partial charge in [0.1, 0.15) is 5.84 Å². The molecule has 0 bridgehead atoms. The zero-order valence-corrected chi connectivity index (χ0v) is 11.5. The number of rotatable bonds is 3. The van der Waals surface area contributed by atoms with Crippen LogP contribution in [0.3, 0.4) is 0 Å². The van der Waals surface area contributed by atoms with Crippen LogP contribution >= 0.6 is 0 Å². The van der Waals surface area contributed by atoms with Crippen molar-refractivity contribution in [2.24, 2.45) is 10.9 Å². The van der Waals surface area contributed by atoms with Crippen molar-refractivity contribution in [3.8, 4) is 0 Å². The lowest BCUT2D eigenvalue weighted by molar-refractivity contribution is 0.161. The lowest BCUT2D eigenvalue weighted by atomic mass is 9.88. The standard InChI is InChI=1S/C15H25N3/c1-4-15(16-5-2)18-10-6-7-14(18)13-8-11-17(3)12-9-13/h4-5,13-14H,1-2,6-12H2,3H3. The van der Waals surface area contributed by atoms with Crippen molar-refractivity contribution >= 4 is 5.84 Å². The molecule has 3 nitrogen and oxygen atoms in total. The number of hydrogen-bond donors (Lipinski definition) is 0. The smallest absolute Gasteiger partial charge is 0.128 e. The third-order valence-electron chi connectivity index (χ3n) is 4.31. The molecule has 0 aliphatic carbocycles. The van der Waals surface area contributed by atoms with E-state index in [1.807, 2.05) is 6.08 Å². The maximum absolute atomic E-state index is 4.36. The predicted molar refractivity (Wildman–Crippen MR) is 77.8 cm³/mol. The van der Waals surface area contributed by atoms with E-state index in [1.165, 1.54) is 38.8 Å². The Morgan fingerprint density at radius 1 is 1.17 bits per heavy atom. The van der Waals surface area contributed by atoms with Gasteiger partial charge in [-0.3, -0.25) is 0 Å². The lowest BCUT2D eigenvalue weighted by Gasteiger charge is -2.37. The quantitative estimate of drug-likeness (QED) is 0.564. The van der Waals surface area contributed by atoms with E-state index in [0.29, 0.717) is 6.04 Å². The fourth-order valence-electron chi connectivity index (χ4n) is 3.32. The molecule has 0 radical (unpaired) electrons. The molecule has 2 aliphatic heterocycles. The van der Waals surface area contributed by atoms with E-state index in [2.05, 4.69) is 35.0 Å². The third kappa shape index (κ3) is 2.83. The molecule has 0 N–H and O–H groups in total. The zero-order chi connectivity index (χ0) is 13.0. The summed E-state index contributed by atoms with van der Waals surface area (Å²) in [5.41, 5.74) is 0. The Bertz CT molecular complexity index is 327. The molecule has 2 rings (SSSR count). The Morgan fingerprint density at radius 2 is 1.89 bits per heavy atom. The molecule has 2 saturated heterocycles. The van der Waals surface area contributed by atoms with Gasteiger partial charge in [-0.25, -0.2) is 4.99 Å². The van der Waals surface area contributed by atoms with E-state index in [-0.39, 0.29) is 0 Å². The number of likely N-dealkylation sites (tertiary alicyclic amines) is 2. The average molecular weight is 247 g/mol. The van der Waals surface area contributed by atoms with Gasteiger partial charge in [-0.05, 0) is 57.8 Å². The van der Waals surface area contributed by atoms with E-state index in [4.69, 9.17) is 0 Å². The number of amidine groups is 1. The maximum atomic E-state index is 4.36. The van der Waals surface area contributed by atoms with Crippen molar-refractivity contribution in [2.45, 2.75) is 31.7 Å². The zero-order valence-electron chi connectivity index (χ0n) is 11.5. The summed E-state index contributed by atoms with van der Waals surface area (Å²) in [5.74, 6) is 1.82. The highest BCUT2D eigenvalue weighted by atomic mass is 15.2. The second-order valence-electron chi connectivity index (χ2n) is 5.42. The maximum Gasteiger partial charge on any atom is 0.128 e. The first-order valence-corrected chi connectivity index (χ1v) is 7.02. The number of piperidine rings is 1. The van der Waals surface area contributed by atoms with Crippen LogP contribution < -0.4 is 0 Å². The number of nitrogens with zero attached hydrogens (tertiary/aromatic N) is 3. The first-order chi connectivity index (χ1) is 8.76.